The number of benzene rings is 1. The Morgan fingerprint density at radius 2 is 2.06 bits per heavy atom. The third-order valence-electron chi connectivity index (χ3n) is 3.02. The molecule has 1 aromatic heterocycles. The summed E-state index contributed by atoms with van der Waals surface area (Å²) in [5.41, 5.74) is 8.28. The van der Waals surface area contributed by atoms with Crippen molar-refractivity contribution in [2.45, 2.75) is 19.5 Å². The van der Waals surface area contributed by atoms with Crippen LogP contribution in [-0.4, -0.2) is 23.5 Å². The van der Waals surface area contributed by atoms with E-state index in [-0.39, 0.29) is 6.04 Å². The van der Waals surface area contributed by atoms with Gasteiger partial charge in [0.1, 0.15) is 0 Å². The van der Waals surface area contributed by atoms with Gasteiger partial charge in [-0.05, 0) is 19.5 Å². The molecule has 2 rings (SSSR count). The highest BCUT2D eigenvalue weighted by molar-refractivity contribution is 7.09. The molecule has 2 N–H and O–H groups in total. The second-order valence-electron chi connectivity index (χ2n) is 4.44. The average molecular weight is 261 g/mol. The Hall–Kier alpha value is -1.23. The monoisotopic (exact) mass is 261 g/mol. The topological polar surface area (TPSA) is 42.2 Å². The largest absolute Gasteiger partial charge is 0.329 e. The van der Waals surface area contributed by atoms with Gasteiger partial charge in [-0.2, -0.15) is 0 Å². The highest BCUT2D eigenvalue weighted by atomic mass is 32.1. The number of nitrogens with zero attached hydrogens (tertiary/aromatic N) is 2. The molecular formula is C14H19N3S. The molecule has 0 bridgehead atoms. The Bertz CT molecular complexity index is 481. The van der Waals surface area contributed by atoms with Crippen molar-refractivity contribution in [2.75, 3.05) is 13.6 Å². The summed E-state index contributed by atoms with van der Waals surface area (Å²) in [6.45, 7) is 3.48. The third kappa shape index (κ3) is 3.16. The fourth-order valence-corrected chi connectivity index (χ4v) is 2.70. The van der Waals surface area contributed by atoms with Gasteiger partial charge in [-0.1, -0.05) is 30.3 Å². The minimum Gasteiger partial charge on any atom is -0.329 e. The molecule has 0 saturated heterocycles. The van der Waals surface area contributed by atoms with Crippen LogP contribution in [0.25, 0.3) is 0 Å². The zero-order chi connectivity index (χ0) is 13.0. The second kappa shape index (κ2) is 6.09. The Kier molecular flexibility index (Phi) is 4.47. The van der Waals surface area contributed by atoms with Crippen molar-refractivity contribution in [1.29, 1.82) is 0 Å². The number of rotatable bonds is 5. The summed E-state index contributed by atoms with van der Waals surface area (Å²) in [4.78, 5) is 6.75. The Morgan fingerprint density at radius 3 is 2.61 bits per heavy atom. The van der Waals surface area contributed by atoms with E-state index >= 15 is 0 Å². The van der Waals surface area contributed by atoms with Crippen LogP contribution < -0.4 is 5.73 Å². The van der Waals surface area contributed by atoms with E-state index in [1.165, 1.54) is 5.56 Å². The molecule has 0 aliphatic rings. The van der Waals surface area contributed by atoms with Crippen molar-refractivity contribution in [3.63, 3.8) is 0 Å². The van der Waals surface area contributed by atoms with Crippen LogP contribution in [0.2, 0.25) is 0 Å². The molecule has 0 amide bonds. The summed E-state index contributed by atoms with van der Waals surface area (Å²) in [5, 5.41) is 3.23. The van der Waals surface area contributed by atoms with Gasteiger partial charge in [0.15, 0.2) is 0 Å². The maximum Gasteiger partial charge on any atom is 0.0897 e. The van der Waals surface area contributed by atoms with Crippen LogP contribution in [0, 0.1) is 6.92 Å². The lowest BCUT2D eigenvalue weighted by atomic mass is 10.1. The lowest BCUT2D eigenvalue weighted by molar-refractivity contribution is 0.239. The van der Waals surface area contributed by atoms with E-state index in [4.69, 9.17) is 5.73 Å². The molecule has 0 fully saturated rings. The summed E-state index contributed by atoms with van der Waals surface area (Å²) in [6.07, 6.45) is 0. The lowest BCUT2D eigenvalue weighted by Crippen LogP contribution is -2.30. The van der Waals surface area contributed by atoms with Crippen LogP contribution >= 0.6 is 11.3 Å². The third-order valence-corrected chi connectivity index (χ3v) is 3.84. The molecule has 1 aromatic carbocycles. The Morgan fingerprint density at radius 1 is 1.33 bits per heavy atom. The van der Waals surface area contributed by atoms with Crippen LogP contribution in [0.1, 0.15) is 22.3 Å². The summed E-state index contributed by atoms with van der Waals surface area (Å²) in [6, 6.07) is 10.6. The quantitative estimate of drug-likeness (QED) is 0.899. The fraction of sp³-hybridized carbons (Fsp3) is 0.357. The fourth-order valence-electron chi connectivity index (χ4n) is 2.09. The summed E-state index contributed by atoms with van der Waals surface area (Å²) < 4.78 is 0. The van der Waals surface area contributed by atoms with Gasteiger partial charge in [0.25, 0.3) is 0 Å². The first-order chi connectivity index (χ1) is 8.70. The number of aromatic nitrogens is 1. The van der Waals surface area contributed by atoms with Crippen LogP contribution in [0.15, 0.2) is 35.7 Å². The van der Waals surface area contributed by atoms with Gasteiger partial charge in [0, 0.05) is 24.5 Å². The number of thiazole rings is 1. The van der Waals surface area contributed by atoms with Gasteiger partial charge in [0.2, 0.25) is 0 Å². The minimum atomic E-state index is 0.244. The normalized spacial score (nSPS) is 12.9. The molecule has 0 spiro atoms. The molecular weight excluding hydrogens is 242 g/mol. The first-order valence-corrected chi connectivity index (χ1v) is 6.95. The molecule has 0 aliphatic carbocycles. The van der Waals surface area contributed by atoms with E-state index in [9.17, 15) is 0 Å². The van der Waals surface area contributed by atoms with E-state index in [1.54, 1.807) is 11.3 Å². The van der Waals surface area contributed by atoms with E-state index in [2.05, 4.69) is 46.6 Å². The zero-order valence-corrected chi connectivity index (χ0v) is 11.7. The highest BCUT2D eigenvalue weighted by Gasteiger charge is 2.16. The molecule has 0 radical (unpaired) electrons. The molecule has 1 atom stereocenters. The highest BCUT2D eigenvalue weighted by Crippen LogP contribution is 2.20. The van der Waals surface area contributed by atoms with Crippen molar-refractivity contribution < 1.29 is 0 Å². The predicted octanol–water partition coefficient (Wildman–Crippen LogP) is 2.58. The first kappa shape index (κ1) is 13.2. The molecule has 0 aliphatic heterocycles. The summed E-state index contributed by atoms with van der Waals surface area (Å²) >= 11 is 1.69. The van der Waals surface area contributed by atoms with Crippen molar-refractivity contribution in [3.8, 4) is 0 Å². The van der Waals surface area contributed by atoms with E-state index in [0.717, 1.165) is 17.2 Å². The second-order valence-corrected chi connectivity index (χ2v) is 5.50. The Balaban J connectivity index is 2.08. The SMILES string of the molecule is Cc1nc(CN(C)C(CN)c2ccccc2)cs1. The number of likely N-dealkylation sites (N-methyl/N-ethyl adjacent to an activating group) is 1. The molecule has 3 nitrogen and oxygen atoms in total. The molecule has 4 heteroatoms. The summed E-state index contributed by atoms with van der Waals surface area (Å²) in [5.74, 6) is 0. The van der Waals surface area contributed by atoms with Gasteiger partial charge >= 0.3 is 0 Å². The van der Waals surface area contributed by atoms with Gasteiger partial charge < -0.3 is 5.73 Å². The molecule has 1 heterocycles. The van der Waals surface area contributed by atoms with E-state index in [1.807, 2.05) is 13.0 Å². The Labute approximate surface area is 112 Å². The molecule has 1 unspecified atom stereocenters. The molecule has 0 saturated carbocycles. The van der Waals surface area contributed by atoms with Crippen LogP contribution in [0.5, 0.6) is 0 Å². The smallest absolute Gasteiger partial charge is 0.0897 e. The lowest BCUT2D eigenvalue weighted by Gasteiger charge is -2.26. The van der Waals surface area contributed by atoms with Crippen molar-refractivity contribution in [2.24, 2.45) is 5.73 Å². The number of hydrogen-bond acceptors (Lipinski definition) is 4. The predicted molar refractivity (Wildman–Crippen MR) is 76.6 cm³/mol. The van der Waals surface area contributed by atoms with Crippen LogP contribution in [0.4, 0.5) is 0 Å². The minimum absolute atomic E-state index is 0.244. The zero-order valence-electron chi connectivity index (χ0n) is 10.8. The van der Waals surface area contributed by atoms with Crippen molar-refractivity contribution in [1.82, 2.24) is 9.88 Å². The van der Waals surface area contributed by atoms with E-state index in [0.29, 0.717) is 6.54 Å². The molecule has 18 heavy (non-hydrogen) atoms. The number of aryl methyl sites for hydroxylation is 1. The van der Waals surface area contributed by atoms with E-state index < -0.39 is 0 Å². The van der Waals surface area contributed by atoms with Gasteiger partial charge in [-0.3, -0.25) is 4.90 Å². The van der Waals surface area contributed by atoms with Gasteiger partial charge in [-0.25, -0.2) is 4.98 Å². The number of hydrogen-bond donors (Lipinski definition) is 1. The van der Waals surface area contributed by atoms with Gasteiger partial charge in [0.05, 0.1) is 10.7 Å². The van der Waals surface area contributed by atoms with Crippen LogP contribution in [0.3, 0.4) is 0 Å². The molecule has 2 aromatic rings. The van der Waals surface area contributed by atoms with Crippen LogP contribution in [-0.2, 0) is 6.54 Å². The maximum absolute atomic E-state index is 5.91. The maximum atomic E-state index is 5.91. The molecule has 96 valence electrons. The summed E-state index contributed by atoms with van der Waals surface area (Å²) in [7, 11) is 2.10. The standard InChI is InChI=1S/C14H19N3S/c1-11-16-13(10-18-11)9-17(2)14(8-15)12-6-4-3-5-7-12/h3-7,10,14H,8-9,15H2,1-2H3. The van der Waals surface area contributed by atoms with Gasteiger partial charge in [-0.15, -0.1) is 11.3 Å². The van der Waals surface area contributed by atoms with Crippen molar-refractivity contribution >= 4 is 11.3 Å². The van der Waals surface area contributed by atoms with Crippen molar-refractivity contribution in [3.05, 3.63) is 52.0 Å². The number of nitrogens with two attached hydrogens (primary N) is 1. The average Bonchev–Trinajstić information content (AvgIpc) is 2.77. The first-order valence-electron chi connectivity index (χ1n) is 6.07.